The summed E-state index contributed by atoms with van der Waals surface area (Å²) < 4.78 is 14.0. The Balaban J connectivity index is 1.88. The molecule has 0 amide bonds. The molecule has 0 radical (unpaired) electrons. The van der Waals surface area contributed by atoms with Crippen molar-refractivity contribution >= 4 is 31.8 Å². The SMILES string of the molecule is CCN=c1nc2c(cn1-c1ccc(OC)cc1)sc1nc(OCC)c(C#N)c(-c3ccccc3)c12. The lowest BCUT2D eigenvalue weighted by Crippen LogP contribution is -2.22. The van der Waals surface area contributed by atoms with Crippen LogP contribution in [0.25, 0.3) is 37.2 Å². The molecule has 0 atom stereocenters. The van der Waals surface area contributed by atoms with Crippen LogP contribution in [0.3, 0.4) is 0 Å². The summed E-state index contributed by atoms with van der Waals surface area (Å²) in [5, 5.41) is 10.9. The average molecular weight is 482 g/mol. The van der Waals surface area contributed by atoms with Crippen molar-refractivity contribution in [3.05, 3.63) is 72.0 Å². The quantitative estimate of drug-likeness (QED) is 0.320. The Hall–Kier alpha value is -4.22. The lowest BCUT2D eigenvalue weighted by Gasteiger charge is -2.12. The van der Waals surface area contributed by atoms with Gasteiger partial charge in [-0.25, -0.2) is 9.97 Å². The highest BCUT2D eigenvalue weighted by Gasteiger charge is 2.22. The number of methoxy groups -OCH3 is 1. The molecule has 174 valence electrons. The Morgan fingerprint density at radius 3 is 2.49 bits per heavy atom. The van der Waals surface area contributed by atoms with Crippen LogP contribution in [0.1, 0.15) is 19.4 Å². The number of pyridine rings is 1. The van der Waals surface area contributed by atoms with Crippen molar-refractivity contribution in [1.29, 1.82) is 5.26 Å². The van der Waals surface area contributed by atoms with Gasteiger partial charge >= 0.3 is 0 Å². The second-order valence-electron chi connectivity index (χ2n) is 7.66. The molecule has 0 aliphatic heterocycles. The number of nitriles is 1. The molecular formula is C27H23N5O2S. The summed E-state index contributed by atoms with van der Waals surface area (Å²) in [6.07, 6.45) is 2.03. The van der Waals surface area contributed by atoms with Crippen molar-refractivity contribution in [1.82, 2.24) is 14.5 Å². The first kappa shape index (κ1) is 22.6. The fourth-order valence-electron chi connectivity index (χ4n) is 4.06. The summed E-state index contributed by atoms with van der Waals surface area (Å²) in [4.78, 5) is 15.2. The molecule has 0 aliphatic carbocycles. The van der Waals surface area contributed by atoms with E-state index >= 15 is 0 Å². The molecule has 5 aromatic rings. The summed E-state index contributed by atoms with van der Waals surface area (Å²) in [5.41, 5.74) is 4.38. The predicted molar refractivity (Wildman–Crippen MR) is 138 cm³/mol. The van der Waals surface area contributed by atoms with Crippen molar-refractivity contribution < 1.29 is 9.47 Å². The van der Waals surface area contributed by atoms with Gasteiger partial charge in [-0.1, -0.05) is 30.3 Å². The smallest absolute Gasteiger partial charge is 0.233 e. The number of hydrogen-bond donors (Lipinski definition) is 0. The maximum absolute atomic E-state index is 10.1. The van der Waals surface area contributed by atoms with E-state index in [1.54, 1.807) is 7.11 Å². The Bertz CT molecular complexity index is 1630. The van der Waals surface area contributed by atoms with Gasteiger partial charge < -0.3 is 9.47 Å². The number of nitrogens with zero attached hydrogens (tertiary/aromatic N) is 5. The molecule has 3 aromatic heterocycles. The fourth-order valence-corrected chi connectivity index (χ4v) is 5.10. The van der Waals surface area contributed by atoms with Crippen LogP contribution in [-0.2, 0) is 0 Å². The van der Waals surface area contributed by atoms with E-state index in [0.29, 0.717) is 30.2 Å². The van der Waals surface area contributed by atoms with Gasteiger partial charge in [0.2, 0.25) is 11.5 Å². The molecule has 0 bridgehead atoms. The summed E-state index contributed by atoms with van der Waals surface area (Å²) in [6, 6.07) is 20.0. The normalized spacial score (nSPS) is 11.7. The topological polar surface area (TPSA) is 85.3 Å². The Labute approximate surface area is 206 Å². The lowest BCUT2D eigenvalue weighted by atomic mass is 9.98. The van der Waals surface area contributed by atoms with E-state index in [2.05, 4.69) is 11.1 Å². The van der Waals surface area contributed by atoms with Crippen molar-refractivity contribution in [3.8, 4) is 34.5 Å². The number of benzene rings is 2. The molecule has 0 spiro atoms. The van der Waals surface area contributed by atoms with Crippen molar-refractivity contribution in [2.75, 3.05) is 20.3 Å². The van der Waals surface area contributed by atoms with Crippen LogP contribution in [0, 0.1) is 11.3 Å². The second-order valence-corrected chi connectivity index (χ2v) is 8.69. The number of rotatable bonds is 6. The van der Waals surface area contributed by atoms with E-state index in [1.807, 2.05) is 79.2 Å². The van der Waals surface area contributed by atoms with Gasteiger partial charge in [-0.05, 0) is 43.7 Å². The van der Waals surface area contributed by atoms with Crippen LogP contribution in [0.2, 0.25) is 0 Å². The largest absolute Gasteiger partial charge is 0.497 e. The molecule has 5 rings (SSSR count). The number of aromatic nitrogens is 3. The van der Waals surface area contributed by atoms with E-state index < -0.39 is 0 Å². The zero-order valence-corrected chi connectivity index (χ0v) is 20.5. The van der Waals surface area contributed by atoms with Crippen molar-refractivity contribution in [2.24, 2.45) is 4.99 Å². The van der Waals surface area contributed by atoms with Crippen LogP contribution in [0.5, 0.6) is 11.6 Å². The van der Waals surface area contributed by atoms with Gasteiger partial charge in [-0.15, -0.1) is 11.3 Å². The molecule has 0 saturated heterocycles. The monoisotopic (exact) mass is 481 g/mol. The van der Waals surface area contributed by atoms with Crippen LogP contribution in [0.4, 0.5) is 0 Å². The van der Waals surface area contributed by atoms with Crippen LogP contribution < -0.4 is 15.1 Å². The molecule has 8 heteroatoms. The molecule has 35 heavy (non-hydrogen) atoms. The minimum absolute atomic E-state index is 0.342. The van der Waals surface area contributed by atoms with E-state index in [9.17, 15) is 5.26 Å². The predicted octanol–water partition coefficient (Wildman–Crippen LogP) is 5.50. The fraction of sp³-hybridized carbons (Fsp3) is 0.185. The zero-order chi connectivity index (χ0) is 24.4. The first-order valence-corrected chi connectivity index (χ1v) is 12.1. The summed E-state index contributed by atoms with van der Waals surface area (Å²) in [5.74, 6) is 1.12. The molecular weight excluding hydrogens is 458 g/mol. The average Bonchev–Trinajstić information content (AvgIpc) is 3.25. The van der Waals surface area contributed by atoms with Gasteiger partial charge in [0.05, 0.1) is 23.9 Å². The second kappa shape index (κ2) is 9.57. The standard InChI is InChI=1S/C27H23N5O2S/c1-4-29-27-30-24-21(16-32(27)18-11-13-19(33-3)14-12-18)35-26-23(24)22(17-9-7-6-8-10-17)20(15-28)25(31-26)34-5-2/h6-14,16H,4-5H2,1-3H3. The summed E-state index contributed by atoms with van der Waals surface area (Å²) in [7, 11) is 1.65. The van der Waals surface area contributed by atoms with E-state index in [0.717, 1.165) is 43.0 Å². The van der Waals surface area contributed by atoms with Gasteiger partial charge in [-0.2, -0.15) is 5.26 Å². The Morgan fingerprint density at radius 1 is 1.06 bits per heavy atom. The number of ether oxygens (including phenoxy) is 2. The maximum Gasteiger partial charge on any atom is 0.233 e. The number of thiophene rings is 1. The van der Waals surface area contributed by atoms with E-state index in [4.69, 9.17) is 19.4 Å². The Kier molecular flexibility index (Phi) is 6.17. The molecule has 3 heterocycles. The van der Waals surface area contributed by atoms with Crippen molar-refractivity contribution in [2.45, 2.75) is 13.8 Å². The molecule has 2 aromatic carbocycles. The zero-order valence-electron chi connectivity index (χ0n) is 19.6. The van der Waals surface area contributed by atoms with Gasteiger partial charge in [-0.3, -0.25) is 9.56 Å². The van der Waals surface area contributed by atoms with Gasteiger partial charge in [0.25, 0.3) is 0 Å². The molecule has 0 unspecified atom stereocenters. The van der Waals surface area contributed by atoms with E-state index in [-0.39, 0.29) is 0 Å². The minimum Gasteiger partial charge on any atom is -0.497 e. The Morgan fingerprint density at radius 2 is 1.83 bits per heavy atom. The third-order valence-electron chi connectivity index (χ3n) is 5.59. The van der Waals surface area contributed by atoms with Gasteiger partial charge in [0, 0.05) is 29.4 Å². The highest BCUT2D eigenvalue weighted by Crippen LogP contribution is 2.42. The van der Waals surface area contributed by atoms with Crippen LogP contribution >= 0.6 is 11.3 Å². The van der Waals surface area contributed by atoms with Crippen LogP contribution in [0.15, 0.2) is 65.8 Å². The molecule has 0 N–H and O–H groups in total. The molecule has 0 aliphatic rings. The van der Waals surface area contributed by atoms with Crippen molar-refractivity contribution in [3.63, 3.8) is 0 Å². The highest BCUT2D eigenvalue weighted by atomic mass is 32.1. The summed E-state index contributed by atoms with van der Waals surface area (Å²) in [6.45, 7) is 4.87. The molecule has 0 saturated carbocycles. The van der Waals surface area contributed by atoms with E-state index in [1.165, 1.54) is 11.3 Å². The third-order valence-corrected chi connectivity index (χ3v) is 6.59. The minimum atomic E-state index is 0.342. The third kappa shape index (κ3) is 4.00. The van der Waals surface area contributed by atoms with Crippen LogP contribution in [-0.4, -0.2) is 34.8 Å². The molecule has 0 fully saturated rings. The first-order chi connectivity index (χ1) is 17.2. The van der Waals surface area contributed by atoms with Gasteiger partial charge in [0.1, 0.15) is 22.2 Å². The molecule has 7 nitrogen and oxygen atoms in total. The maximum atomic E-state index is 10.1. The highest BCUT2D eigenvalue weighted by molar-refractivity contribution is 7.25. The number of fused-ring (bicyclic) bond motifs is 3. The first-order valence-electron chi connectivity index (χ1n) is 11.3. The summed E-state index contributed by atoms with van der Waals surface area (Å²) >= 11 is 1.52. The number of hydrogen-bond acceptors (Lipinski definition) is 7. The lowest BCUT2D eigenvalue weighted by molar-refractivity contribution is 0.327. The van der Waals surface area contributed by atoms with Gasteiger partial charge in [0.15, 0.2) is 0 Å².